The van der Waals surface area contributed by atoms with Gasteiger partial charge in [-0.15, -0.1) is 0 Å². The number of unbranched alkanes of at least 4 members (excludes halogenated alkanes) is 1. The molecule has 2 aromatic carbocycles. The lowest BCUT2D eigenvalue weighted by Gasteiger charge is -2.11. The summed E-state index contributed by atoms with van der Waals surface area (Å²) in [5.41, 5.74) is 3.95. The summed E-state index contributed by atoms with van der Waals surface area (Å²) in [7, 11) is 4.11. The number of rotatable bonds is 9. The number of hydrogen-bond donors (Lipinski definition) is 0. The van der Waals surface area contributed by atoms with Crippen molar-refractivity contribution in [3.8, 4) is 5.75 Å². The van der Waals surface area contributed by atoms with Crippen LogP contribution in [-0.4, -0.2) is 32.1 Å². The maximum atomic E-state index is 5.76. The van der Waals surface area contributed by atoms with Gasteiger partial charge in [0.2, 0.25) is 0 Å². The van der Waals surface area contributed by atoms with E-state index < -0.39 is 0 Å². The lowest BCUT2D eigenvalue weighted by molar-refractivity contribution is 0.261. The van der Waals surface area contributed by atoms with E-state index in [4.69, 9.17) is 4.74 Å². The zero-order valence-corrected chi connectivity index (χ0v) is 15.2. The van der Waals surface area contributed by atoms with E-state index in [9.17, 15) is 0 Å². The van der Waals surface area contributed by atoms with Gasteiger partial charge in [0.05, 0.1) is 0 Å². The van der Waals surface area contributed by atoms with E-state index in [0.717, 1.165) is 18.7 Å². The second kappa shape index (κ2) is 9.94. The maximum Gasteiger partial charge on any atom is 0.119 e. The van der Waals surface area contributed by atoms with Crippen LogP contribution in [0.5, 0.6) is 5.75 Å². The van der Waals surface area contributed by atoms with Crippen LogP contribution in [0.1, 0.15) is 37.3 Å². The molecule has 0 fully saturated rings. The highest BCUT2D eigenvalue weighted by atomic mass is 16.5. The van der Waals surface area contributed by atoms with Crippen LogP contribution in [0, 0.1) is 0 Å². The minimum absolute atomic E-state index is 0.716. The Morgan fingerprint density at radius 2 is 1.71 bits per heavy atom. The van der Waals surface area contributed by atoms with Crippen molar-refractivity contribution in [2.45, 2.75) is 26.2 Å². The van der Waals surface area contributed by atoms with Crippen LogP contribution in [0.15, 0.2) is 54.6 Å². The molecule has 0 saturated carbocycles. The fourth-order valence-corrected chi connectivity index (χ4v) is 2.53. The summed E-state index contributed by atoms with van der Waals surface area (Å²) >= 11 is 0. The fraction of sp³-hybridized carbons (Fsp3) is 0.364. The number of hydrogen-bond acceptors (Lipinski definition) is 2. The molecule has 0 bridgehead atoms. The van der Waals surface area contributed by atoms with E-state index in [1.807, 2.05) is 0 Å². The van der Waals surface area contributed by atoms with Crippen molar-refractivity contribution in [1.82, 2.24) is 4.90 Å². The van der Waals surface area contributed by atoms with Crippen LogP contribution >= 0.6 is 0 Å². The van der Waals surface area contributed by atoms with E-state index in [1.165, 1.54) is 29.5 Å². The van der Waals surface area contributed by atoms with Crippen molar-refractivity contribution in [3.63, 3.8) is 0 Å². The number of nitrogens with zero attached hydrogens (tertiary/aromatic N) is 1. The van der Waals surface area contributed by atoms with Crippen LogP contribution in [0.2, 0.25) is 0 Å². The predicted octanol–water partition coefficient (Wildman–Crippen LogP) is 5.36. The van der Waals surface area contributed by atoms with E-state index in [-0.39, 0.29) is 0 Å². The lowest BCUT2D eigenvalue weighted by atomic mass is 9.98. The Hall–Kier alpha value is -2.06. The van der Waals surface area contributed by atoms with Crippen molar-refractivity contribution in [2.75, 3.05) is 27.2 Å². The van der Waals surface area contributed by atoms with Gasteiger partial charge in [-0.25, -0.2) is 0 Å². The summed E-state index contributed by atoms with van der Waals surface area (Å²) < 4.78 is 5.76. The topological polar surface area (TPSA) is 12.5 Å². The SMILES string of the molecule is CCCC/C(=C\c1ccc(OCCN(C)C)cc1)c1ccccc1. The molecule has 0 aliphatic heterocycles. The first-order valence-electron chi connectivity index (χ1n) is 8.82. The molecule has 2 rings (SSSR count). The summed E-state index contributed by atoms with van der Waals surface area (Å²) in [5, 5.41) is 0. The van der Waals surface area contributed by atoms with E-state index in [0.29, 0.717) is 6.61 Å². The molecule has 128 valence electrons. The average Bonchev–Trinajstić information content (AvgIpc) is 2.60. The summed E-state index contributed by atoms with van der Waals surface area (Å²) in [4.78, 5) is 2.12. The summed E-state index contributed by atoms with van der Waals surface area (Å²) in [5.74, 6) is 0.934. The standard InChI is InChI=1S/C22H29NO/c1-4-5-9-21(20-10-7-6-8-11-20)18-19-12-14-22(15-13-19)24-17-16-23(2)3/h6-8,10-15,18H,4-5,9,16-17H2,1-3H3/b21-18+. The highest BCUT2D eigenvalue weighted by molar-refractivity contribution is 5.81. The minimum Gasteiger partial charge on any atom is -0.492 e. The normalized spacial score (nSPS) is 11.8. The monoisotopic (exact) mass is 323 g/mol. The molecule has 0 saturated heterocycles. The van der Waals surface area contributed by atoms with E-state index in [1.54, 1.807) is 0 Å². The third kappa shape index (κ3) is 6.21. The highest BCUT2D eigenvalue weighted by Crippen LogP contribution is 2.24. The Kier molecular flexibility index (Phi) is 7.57. The third-order valence-corrected chi connectivity index (χ3v) is 3.97. The van der Waals surface area contributed by atoms with Gasteiger partial charge in [-0.05, 0) is 55.8 Å². The van der Waals surface area contributed by atoms with Gasteiger partial charge in [0, 0.05) is 6.54 Å². The molecule has 2 nitrogen and oxygen atoms in total. The van der Waals surface area contributed by atoms with E-state index in [2.05, 4.69) is 86.6 Å². The van der Waals surface area contributed by atoms with Gasteiger partial charge in [0.15, 0.2) is 0 Å². The Morgan fingerprint density at radius 1 is 1.00 bits per heavy atom. The Labute approximate surface area is 146 Å². The van der Waals surface area contributed by atoms with Crippen molar-refractivity contribution < 1.29 is 4.74 Å². The van der Waals surface area contributed by atoms with Gasteiger partial charge in [-0.3, -0.25) is 0 Å². The van der Waals surface area contributed by atoms with Crippen LogP contribution in [-0.2, 0) is 0 Å². The molecule has 2 aromatic rings. The molecule has 0 amide bonds. The maximum absolute atomic E-state index is 5.76. The Morgan fingerprint density at radius 3 is 2.33 bits per heavy atom. The van der Waals surface area contributed by atoms with Gasteiger partial charge in [-0.1, -0.05) is 61.9 Å². The van der Waals surface area contributed by atoms with Crippen molar-refractivity contribution >= 4 is 11.6 Å². The van der Waals surface area contributed by atoms with Crippen LogP contribution in [0.3, 0.4) is 0 Å². The lowest BCUT2D eigenvalue weighted by Crippen LogP contribution is -2.19. The molecule has 0 aromatic heterocycles. The molecule has 0 heterocycles. The Bertz CT molecular complexity index is 614. The summed E-state index contributed by atoms with van der Waals surface area (Å²) in [6.45, 7) is 3.88. The summed E-state index contributed by atoms with van der Waals surface area (Å²) in [6, 6.07) is 19.1. The van der Waals surface area contributed by atoms with Crippen LogP contribution < -0.4 is 4.74 Å². The first kappa shape index (κ1) is 18.3. The highest BCUT2D eigenvalue weighted by Gasteiger charge is 2.02. The van der Waals surface area contributed by atoms with Gasteiger partial charge < -0.3 is 9.64 Å². The Balaban J connectivity index is 2.08. The second-order valence-electron chi connectivity index (χ2n) is 6.36. The minimum atomic E-state index is 0.716. The van der Waals surface area contributed by atoms with Gasteiger partial charge >= 0.3 is 0 Å². The summed E-state index contributed by atoms with van der Waals surface area (Å²) in [6.07, 6.45) is 5.84. The first-order chi connectivity index (χ1) is 11.7. The second-order valence-corrected chi connectivity index (χ2v) is 6.36. The van der Waals surface area contributed by atoms with Gasteiger partial charge in [0.25, 0.3) is 0 Å². The van der Waals surface area contributed by atoms with Gasteiger partial charge in [0.1, 0.15) is 12.4 Å². The van der Waals surface area contributed by atoms with Crippen molar-refractivity contribution in [3.05, 3.63) is 65.7 Å². The molecule has 0 aliphatic rings. The first-order valence-corrected chi connectivity index (χ1v) is 8.82. The van der Waals surface area contributed by atoms with Crippen LogP contribution in [0.25, 0.3) is 11.6 Å². The van der Waals surface area contributed by atoms with E-state index >= 15 is 0 Å². The fourth-order valence-electron chi connectivity index (χ4n) is 2.53. The number of allylic oxidation sites excluding steroid dienone is 1. The molecule has 0 aliphatic carbocycles. The molecular formula is C22H29NO. The zero-order valence-electron chi connectivity index (χ0n) is 15.2. The average molecular weight is 323 g/mol. The molecule has 0 radical (unpaired) electrons. The predicted molar refractivity (Wildman–Crippen MR) is 104 cm³/mol. The number of likely N-dealkylation sites (N-methyl/N-ethyl adjacent to an activating group) is 1. The molecule has 0 unspecified atom stereocenters. The molecule has 2 heteroatoms. The largest absolute Gasteiger partial charge is 0.492 e. The quantitative estimate of drug-likeness (QED) is 0.576. The van der Waals surface area contributed by atoms with Crippen LogP contribution in [0.4, 0.5) is 0 Å². The number of ether oxygens (including phenoxy) is 1. The zero-order chi connectivity index (χ0) is 17.2. The van der Waals surface area contributed by atoms with Crippen molar-refractivity contribution in [1.29, 1.82) is 0 Å². The van der Waals surface area contributed by atoms with Crippen molar-refractivity contribution in [2.24, 2.45) is 0 Å². The molecule has 0 N–H and O–H groups in total. The molecule has 0 spiro atoms. The smallest absolute Gasteiger partial charge is 0.119 e. The number of benzene rings is 2. The molecular weight excluding hydrogens is 294 g/mol. The molecule has 0 atom stereocenters. The molecule has 24 heavy (non-hydrogen) atoms. The third-order valence-electron chi connectivity index (χ3n) is 3.97. The van der Waals surface area contributed by atoms with Gasteiger partial charge in [-0.2, -0.15) is 0 Å².